The number of aryl methyl sites for hydroxylation is 1. The molecule has 8 nitrogen and oxygen atoms in total. The number of halogens is 1. The number of amides is 1. The maximum absolute atomic E-state index is 13.1. The number of hydrogen-bond acceptors (Lipinski definition) is 7. The first-order valence-corrected chi connectivity index (χ1v) is 10.8. The van der Waals surface area contributed by atoms with E-state index in [0.29, 0.717) is 41.7 Å². The lowest BCUT2D eigenvalue weighted by Gasteiger charge is -2.34. The molecule has 172 valence electrons. The summed E-state index contributed by atoms with van der Waals surface area (Å²) in [6.45, 7) is 4.32. The van der Waals surface area contributed by atoms with Crippen molar-refractivity contribution in [2.45, 2.75) is 39.1 Å². The molecule has 0 saturated carbocycles. The molecule has 4 N–H and O–H groups in total. The van der Waals surface area contributed by atoms with Gasteiger partial charge in [-0.05, 0) is 43.2 Å². The van der Waals surface area contributed by atoms with Crippen molar-refractivity contribution in [3.05, 3.63) is 71.2 Å². The standard InChI is InChI=1S/C24H27FN6O2/c1-4-19-23(33)29-20-14(2)27-24(30-21(20)31(19)3)26-13-15-5-11-18(12-6-15)28-22(32)16-7-9-17(25)10-8-16/h5-12,19,22,28,32H,4,13H2,1-3H3,(H,29,33)(H,26,27,30)/t19-,22?/m1/s1. The van der Waals surface area contributed by atoms with Gasteiger partial charge in [0.25, 0.3) is 0 Å². The Morgan fingerprint density at radius 3 is 2.52 bits per heavy atom. The quantitative estimate of drug-likeness (QED) is 0.406. The molecule has 1 amide bonds. The van der Waals surface area contributed by atoms with Gasteiger partial charge in [-0.15, -0.1) is 0 Å². The minimum Gasteiger partial charge on any atom is -0.369 e. The molecule has 4 rings (SSSR count). The summed E-state index contributed by atoms with van der Waals surface area (Å²) in [6, 6.07) is 13.0. The van der Waals surface area contributed by atoms with Gasteiger partial charge in [0.15, 0.2) is 12.0 Å². The Labute approximate surface area is 191 Å². The minimum atomic E-state index is -0.939. The number of fused-ring (bicyclic) bond motifs is 1. The van der Waals surface area contributed by atoms with Crippen LogP contribution in [0.5, 0.6) is 0 Å². The van der Waals surface area contributed by atoms with E-state index in [2.05, 4.69) is 25.9 Å². The van der Waals surface area contributed by atoms with Crippen LogP contribution in [0.4, 0.5) is 27.5 Å². The number of benzene rings is 2. The van der Waals surface area contributed by atoms with Crippen LogP contribution in [-0.2, 0) is 11.3 Å². The summed E-state index contributed by atoms with van der Waals surface area (Å²) in [5.41, 5.74) is 3.66. The second kappa shape index (κ2) is 9.41. The van der Waals surface area contributed by atoms with E-state index in [1.807, 2.05) is 50.1 Å². The Morgan fingerprint density at radius 1 is 1.15 bits per heavy atom. The number of likely N-dealkylation sites (N-methyl/N-ethyl adjacent to an activating group) is 1. The van der Waals surface area contributed by atoms with E-state index in [0.717, 1.165) is 11.3 Å². The van der Waals surface area contributed by atoms with Crippen molar-refractivity contribution in [3.8, 4) is 0 Å². The van der Waals surface area contributed by atoms with Crippen molar-refractivity contribution >= 4 is 29.0 Å². The zero-order valence-corrected chi connectivity index (χ0v) is 18.8. The van der Waals surface area contributed by atoms with Crippen molar-refractivity contribution in [1.29, 1.82) is 0 Å². The highest BCUT2D eigenvalue weighted by molar-refractivity contribution is 6.03. The van der Waals surface area contributed by atoms with Crippen LogP contribution in [0.3, 0.4) is 0 Å². The number of hydrogen-bond donors (Lipinski definition) is 4. The summed E-state index contributed by atoms with van der Waals surface area (Å²) >= 11 is 0. The Bertz CT molecular complexity index is 1140. The van der Waals surface area contributed by atoms with E-state index in [9.17, 15) is 14.3 Å². The van der Waals surface area contributed by atoms with E-state index in [4.69, 9.17) is 0 Å². The molecule has 2 aromatic carbocycles. The molecule has 1 aliphatic rings. The van der Waals surface area contributed by atoms with E-state index >= 15 is 0 Å². The summed E-state index contributed by atoms with van der Waals surface area (Å²) < 4.78 is 13.1. The molecule has 1 aliphatic heterocycles. The maximum Gasteiger partial charge on any atom is 0.247 e. The lowest BCUT2D eigenvalue weighted by atomic mass is 10.1. The van der Waals surface area contributed by atoms with Crippen molar-refractivity contribution in [2.24, 2.45) is 0 Å². The van der Waals surface area contributed by atoms with Gasteiger partial charge in [0.2, 0.25) is 11.9 Å². The Kier molecular flexibility index (Phi) is 6.41. The molecular weight excluding hydrogens is 423 g/mol. The van der Waals surface area contributed by atoms with Crippen LogP contribution >= 0.6 is 0 Å². The van der Waals surface area contributed by atoms with Gasteiger partial charge >= 0.3 is 0 Å². The summed E-state index contributed by atoms with van der Waals surface area (Å²) in [4.78, 5) is 23.3. The molecule has 0 spiro atoms. The first-order chi connectivity index (χ1) is 15.9. The molecule has 1 aromatic heterocycles. The number of carbonyl (C=O) groups is 1. The predicted molar refractivity (Wildman–Crippen MR) is 127 cm³/mol. The average molecular weight is 451 g/mol. The fourth-order valence-corrected chi connectivity index (χ4v) is 3.81. The van der Waals surface area contributed by atoms with Gasteiger partial charge in [-0.2, -0.15) is 4.98 Å². The highest BCUT2D eigenvalue weighted by Crippen LogP contribution is 2.33. The monoisotopic (exact) mass is 450 g/mol. The zero-order chi connectivity index (χ0) is 23.5. The fraction of sp³-hybridized carbons (Fsp3) is 0.292. The third-order valence-electron chi connectivity index (χ3n) is 5.70. The normalized spacial score (nSPS) is 16.1. The number of nitrogens with zero attached hydrogens (tertiary/aromatic N) is 3. The van der Waals surface area contributed by atoms with Crippen LogP contribution in [0.1, 0.15) is 36.4 Å². The molecule has 2 heterocycles. The van der Waals surface area contributed by atoms with Gasteiger partial charge < -0.3 is 26.0 Å². The number of rotatable bonds is 7. The highest BCUT2D eigenvalue weighted by Gasteiger charge is 2.32. The first-order valence-electron chi connectivity index (χ1n) is 10.8. The smallest absolute Gasteiger partial charge is 0.247 e. The van der Waals surface area contributed by atoms with Crippen LogP contribution in [0, 0.1) is 12.7 Å². The second-order valence-electron chi connectivity index (χ2n) is 8.00. The van der Waals surface area contributed by atoms with Crippen LogP contribution in [0.2, 0.25) is 0 Å². The van der Waals surface area contributed by atoms with Gasteiger partial charge in [-0.3, -0.25) is 4.79 Å². The number of nitrogens with one attached hydrogen (secondary N) is 3. The third kappa shape index (κ3) is 4.88. The molecule has 0 fully saturated rings. The van der Waals surface area contributed by atoms with Crippen LogP contribution in [-0.4, -0.2) is 34.1 Å². The number of aliphatic hydroxyl groups is 1. The van der Waals surface area contributed by atoms with Crippen molar-refractivity contribution in [1.82, 2.24) is 9.97 Å². The Hall–Kier alpha value is -3.72. The molecule has 0 aliphatic carbocycles. The molecule has 3 aromatic rings. The number of aromatic nitrogens is 2. The van der Waals surface area contributed by atoms with Crippen molar-refractivity contribution < 1.29 is 14.3 Å². The van der Waals surface area contributed by atoms with Crippen LogP contribution in [0.15, 0.2) is 48.5 Å². The molecule has 9 heteroatoms. The molecule has 0 bridgehead atoms. The molecule has 2 atom stereocenters. The summed E-state index contributed by atoms with van der Waals surface area (Å²) in [7, 11) is 1.87. The average Bonchev–Trinajstić information content (AvgIpc) is 2.80. The largest absolute Gasteiger partial charge is 0.369 e. The summed E-state index contributed by atoms with van der Waals surface area (Å²) in [5.74, 6) is 0.796. The summed E-state index contributed by atoms with van der Waals surface area (Å²) in [6.07, 6.45) is -0.255. The molecule has 33 heavy (non-hydrogen) atoms. The lowest BCUT2D eigenvalue weighted by Crippen LogP contribution is -2.46. The predicted octanol–water partition coefficient (Wildman–Crippen LogP) is 3.81. The van der Waals surface area contributed by atoms with Gasteiger partial charge in [0, 0.05) is 24.8 Å². The van der Waals surface area contributed by atoms with Crippen LogP contribution in [0.25, 0.3) is 0 Å². The molecule has 0 radical (unpaired) electrons. The van der Waals surface area contributed by atoms with Gasteiger partial charge in [0.1, 0.15) is 17.5 Å². The van der Waals surface area contributed by atoms with Crippen molar-refractivity contribution in [2.75, 3.05) is 27.9 Å². The maximum atomic E-state index is 13.1. The Morgan fingerprint density at radius 2 is 1.85 bits per heavy atom. The number of aliphatic hydroxyl groups excluding tert-OH is 1. The minimum absolute atomic E-state index is 0.0434. The van der Waals surface area contributed by atoms with E-state index in [-0.39, 0.29) is 17.8 Å². The molecular formula is C24H27FN6O2. The third-order valence-corrected chi connectivity index (χ3v) is 5.70. The Balaban J connectivity index is 1.40. The van der Waals surface area contributed by atoms with Gasteiger partial charge in [-0.25, -0.2) is 9.37 Å². The van der Waals surface area contributed by atoms with Crippen molar-refractivity contribution in [3.63, 3.8) is 0 Å². The van der Waals surface area contributed by atoms with E-state index in [1.54, 1.807) is 0 Å². The number of anilines is 4. The van der Waals surface area contributed by atoms with Gasteiger partial charge in [-0.1, -0.05) is 31.2 Å². The molecule has 1 unspecified atom stereocenters. The number of carbonyl (C=O) groups excluding carboxylic acids is 1. The summed E-state index contributed by atoms with van der Waals surface area (Å²) in [5, 5.41) is 19.4. The highest BCUT2D eigenvalue weighted by atomic mass is 19.1. The molecule has 0 saturated heterocycles. The van der Waals surface area contributed by atoms with Gasteiger partial charge in [0.05, 0.1) is 5.69 Å². The lowest BCUT2D eigenvalue weighted by molar-refractivity contribution is -0.117. The zero-order valence-electron chi connectivity index (χ0n) is 18.8. The SMILES string of the molecule is CC[C@@H]1C(=O)Nc2c(C)nc(NCc3ccc(NC(O)c4ccc(F)cc4)cc3)nc2N1C. The second-order valence-corrected chi connectivity index (χ2v) is 8.00. The fourth-order valence-electron chi connectivity index (χ4n) is 3.81. The van der Waals surface area contributed by atoms with E-state index in [1.165, 1.54) is 24.3 Å². The van der Waals surface area contributed by atoms with Crippen LogP contribution < -0.4 is 20.9 Å². The topological polar surface area (TPSA) is 102 Å². The van der Waals surface area contributed by atoms with E-state index < -0.39 is 6.23 Å². The first kappa shape index (κ1) is 22.5.